The molecular formula is C17H18BrClN2O. The predicted octanol–water partition coefficient (Wildman–Crippen LogP) is 4.98. The van der Waals surface area contributed by atoms with E-state index in [1.54, 1.807) is 6.20 Å². The average Bonchev–Trinajstić information content (AvgIpc) is 3.02. The first-order valence-electron chi connectivity index (χ1n) is 7.42. The summed E-state index contributed by atoms with van der Waals surface area (Å²) < 4.78 is 7.00. The first kappa shape index (κ1) is 15.8. The van der Waals surface area contributed by atoms with Gasteiger partial charge in [-0.15, -0.1) is 0 Å². The van der Waals surface area contributed by atoms with Crippen LogP contribution in [0.4, 0.5) is 0 Å². The van der Waals surface area contributed by atoms with Crippen molar-refractivity contribution in [2.75, 3.05) is 13.1 Å². The molecule has 0 saturated carbocycles. The van der Waals surface area contributed by atoms with E-state index >= 15 is 0 Å². The average molecular weight is 382 g/mol. The van der Waals surface area contributed by atoms with Gasteiger partial charge in [-0.2, -0.15) is 0 Å². The molecule has 1 aliphatic rings. The van der Waals surface area contributed by atoms with Crippen LogP contribution in [-0.4, -0.2) is 23.0 Å². The smallest absolute Gasteiger partial charge is 0.179 e. The third-order valence-corrected chi connectivity index (χ3v) is 4.95. The lowest BCUT2D eigenvalue weighted by molar-refractivity contribution is 0.0416. The summed E-state index contributed by atoms with van der Waals surface area (Å²) in [5, 5.41) is 0.445. The van der Waals surface area contributed by atoms with Gasteiger partial charge in [-0.25, -0.2) is 4.98 Å². The van der Waals surface area contributed by atoms with Crippen LogP contribution in [0.5, 0.6) is 5.75 Å². The van der Waals surface area contributed by atoms with Crippen LogP contribution >= 0.6 is 27.5 Å². The maximum absolute atomic E-state index is 6.25. The van der Waals surface area contributed by atoms with E-state index in [4.69, 9.17) is 16.3 Å². The molecule has 116 valence electrons. The fourth-order valence-electron chi connectivity index (χ4n) is 2.75. The number of ether oxygens (including phenoxy) is 1. The van der Waals surface area contributed by atoms with E-state index in [9.17, 15) is 0 Å². The van der Waals surface area contributed by atoms with E-state index in [-0.39, 0.29) is 6.23 Å². The molecule has 0 bridgehead atoms. The van der Waals surface area contributed by atoms with Crippen LogP contribution in [0.2, 0.25) is 5.15 Å². The number of likely N-dealkylation sites (tertiary alicyclic amines) is 1. The molecule has 3 nitrogen and oxygen atoms in total. The molecular weight excluding hydrogens is 364 g/mol. The van der Waals surface area contributed by atoms with Crippen molar-refractivity contribution in [2.24, 2.45) is 0 Å². The molecule has 1 aliphatic heterocycles. The molecule has 1 aromatic heterocycles. The van der Waals surface area contributed by atoms with Crippen molar-refractivity contribution >= 4 is 27.5 Å². The lowest BCUT2D eigenvalue weighted by atomic mass is 10.1. The first-order chi connectivity index (χ1) is 10.6. The summed E-state index contributed by atoms with van der Waals surface area (Å²) in [5.74, 6) is 0.717. The minimum absolute atomic E-state index is 0.0859. The third-order valence-electron chi connectivity index (χ3n) is 3.82. The van der Waals surface area contributed by atoms with Crippen molar-refractivity contribution < 1.29 is 4.74 Å². The Bertz CT molecular complexity index is 659. The fourth-order valence-corrected chi connectivity index (χ4v) is 3.18. The summed E-state index contributed by atoms with van der Waals surface area (Å²) in [6, 6.07) is 10.3. The summed E-state index contributed by atoms with van der Waals surface area (Å²) in [6.45, 7) is 4.21. The Balaban J connectivity index is 1.89. The van der Waals surface area contributed by atoms with Crippen LogP contribution in [0, 0.1) is 6.92 Å². The van der Waals surface area contributed by atoms with Gasteiger partial charge in [0.1, 0.15) is 10.9 Å². The Hall–Kier alpha value is -1.10. The number of rotatable bonds is 4. The molecule has 5 heteroatoms. The molecule has 1 unspecified atom stereocenters. The molecule has 1 saturated heterocycles. The first-order valence-corrected chi connectivity index (χ1v) is 8.59. The minimum Gasteiger partial charge on any atom is -0.469 e. The number of hydrogen-bond acceptors (Lipinski definition) is 3. The highest BCUT2D eigenvalue weighted by atomic mass is 79.9. The van der Waals surface area contributed by atoms with Crippen LogP contribution in [-0.2, 0) is 0 Å². The fraction of sp³-hybridized carbons (Fsp3) is 0.353. The van der Waals surface area contributed by atoms with E-state index in [2.05, 4.69) is 57.0 Å². The van der Waals surface area contributed by atoms with E-state index in [1.807, 2.05) is 6.07 Å². The van der Waals surface area contributed by atoms with Crippen LogP contribution in [0.1, 0.15) is 30.2 Å². The second-order valence-electron chi connectivity index (χ2n) is 5.57. The maximum Gasteiger partial charge on any atom is 0.179 e. The second kappa shape index (κ2) is 6.99. The van der Waals surface area contributed by atoms with Gasteiger partial charge in [0.05, 0.1) is 10.7 Å². The minimum atomic E-state index is -0.0859. The lowest BCUT2D eigenvalue weighted by Gasteiger charge is -2.28. The summed E-state index contributed by atoms with van der Waals surface area (Å²) in [6.07, 6.45) is 4.02. The molecule has 2 heterocycles. The van der Waals surface area contributed by atoms with E-state index in [0.29, 0.717) is 5.15 Å². The highest BCUT2D eigenvalue weighted by Gasteiger charge is 2.25. The second-order valence-corrected chi connectivity index (χ2v) is 6.78. The van der Waals surface area contributed by atoms with Crippen molar-refractivity contribution in [3.63, 3.8) is 0 Å². The van der Waals surface area contributed by atoms with Crippen LogP contribution in [0.15, 0.2) is 41.0 Å². The summed E-state index contributed by atoms with van der Waals surface area (Å²) in [4.78, 5) is 6.52. The Kier molecular flexibility index (Phi) is 5.01. The van der Waals surface area contributed by atoms with E-state index < -0.39 is 0 Å². The van der Waals surface area contributed by atoms with Crippen LogP contribution in [0.25, 0.3) is 0 Å². The topological polar surface area (TPSA) is 25.4 Å². The largest absolute Gasteiger partial charge is 0.469 e. The molecule has 1 fully saturated rings. The van der Waals surface area contributed by atoms with E-state index in [0.717, 1.165) is 23.3 Å². The number of aryl methyl sites for hydroxylation is 1. The van der Waals surface area contributed by atoms with Gasteiger partial charge in [0, 0.05) is 18.7 Å². The zero-order valence-electron chi connectivity index (χ0n) is 12.4. The van der Waals surface area contributed by atoms with Crippen LogP contribution < -0.4 is 4.74 Å². The summed E-state index contributed by atoms with van der Waals surface area (Å²) >= 11 is 9.36. The van der Waals surface area contributed by atoms with Gasteiger partial charge < -0.3 is 4.74 Å². The van der Waals surface area contributed by atoms with Crippen LogP contribution in [0.3, 0.4) is 0 Å². The highest BCUT2D eigenvalue weighted by molar-refractivity contribution is 9.10. The zero-order valence-corrected chi connectivity index (χ0v) is 14.8. The van der Waals surface area contributed by atoms with Gasteiger partial charge in [0.25, 0.3) is 0 Å². The molecule has 0 amide bonds. The van der Waals surface area contributed by atoms with Gasteiger partial charge in [-0.3, -0.25) is 4.90 Å². The number of pyridine rings is 1. The van der Waals surface area contributed by atoms with E-state index in [1.165, 1.54) is 24.0 Å². The maximum atomic E-state index is 6.25. The van der Waals surface area contributed by atoms with Crippen molar-refractivity contribution in [1.82, 2.24) is 9.88 Å². The van der Waals surface area contributed by atoms with Crippen molar-refractivity contribution in [1.29, 1.82) is 0 Å². The molecule has 0 spiro atoms. The summed E-state index contributed by atoms with van der Waals surface area (Å²) in [7, 11) is 0. The number of nitrogens with zero attached hydrogens (tertiary/aromatic N) is 2. The molecule has 1 atom stereocenters. The number of aromatic nitrogens is 1. The van der Waals surface area contributed by atoms with Gasteiger partial charge in [0.15, 0.2) is 6.23 Å². The normalized spacial score (nSPS) is 16.7. The number of hydrogen-bond donors (Lipinski definition) is 0. The molecule has 0 radical (unpaired) electrons. The van der Waals surface area contributed by atoms with Crippen molar-refractivity contribution in [3.8, 4) is 5.75 Å². The standard InChI is InChI=1S/C17H18BrClN2O/c1-12-5-4-6-13(9-12)17(21-7-2-3-8-21)22-14-10-15(18)16(19)20-11-14/h4-6,9-11,17H,2-3,7-8H2,1H3. The Labute approximate surface area is 144 Å². The molecule has 0 aliphatic carbocycles. The SMILES string of the molecule is Cc1cccc(C(Oc2cnc(Cl)c(Br)c2)N2CCCC2)c1. The quantitative estimate of drug-likeness (QED) is 0.698. The van der Waals surface area contributed by atoms with Gasteiger partial charge >= 0.3 is 0 Å². The van der Waals surface area contributed by atoms with Gasteiger partial charge in [-0.05, 0) is 41.8 Å². The zero-order chi connectivity index (χ0) is 15.5. The monoisotopic (exact) mass is 380 g/mol. The Morgan fingerprint density at radius 3 is 2.73 bits per heavy atom. The summed E-state index contributed by atoms with van der Waals surface area (Å²) in [5.41, 5.74) is 2.41. The molecule has 2 aromatic rings. The predicted molar refractivity (Wildman–Crippen MR) is 92.3 cm³/mol. The van der Waals surface area contributed by atoms with Gasteiger partial charge in [-0.1, -0.05) is 41.4 Å². The number of benzene rings is 1. The molecule has 1 aromatic carbocycles. The lowest BCUT2D eigenvalue weighted by Crippen LogP contribution is -2.30. The molecule has 22 heavy (non-hydrogen) atoms. The Morgan fingerprint density at radius 2 is 2.05 bits per heavy atom. The highest BCUT2D eigenvalue weighted by Crippen LogP contribution is 2.31. The molecule has 0 N–H and O–H groups in total. The molecule has 3 rings (SSSR count). The Morgan fingerprint density at radius 1 is 1.27 bits per heavy atom. The van der Waals surface area contributed by atoms with Crippen molar-refractivity contribution in [3.05, 3.63) is 57.3 Å². The number of halogens is 2. The third kappa shape index (κ3) is 3.62. The van der Waals surface area contributed by atoms with Crippen molar-refractivity contribution in [2.45, 2.75) is 26.0 Å². The van der Waals surface area contributed by atoms with Gasteiger partial charge in [0.2, 0.25) is 0 Å².